The van der Waals surface area contributed by atoms with Gasteiger partial charge in [-0.15, -0.1) is 0 Å². The minimum Gasteiger partial charge on any atom is -0.613 e. The molecule has 1 aromatic heterocycles. The molecule has 0 spiro atoms. The third kappa shape index (κ3) is 4.06. The minimum atomic E-state index is -1.45. The van der Waals surface area contributed by atoms with Crippen LogP contribution in [0.5, 0.6) is 11.5 Å². The smallest absolute Gasteiger partial charge is 0.294 e. The van der Waals surface area contributed by atoms with Crippen molar-refractivity contribution in [1.29, 1.82) is 0 Å². The maximum Gasteiger partial charge on any atom is 0.294 e. The molecule has 1 aliphatic heterocycles. The van der Waals surface area contributed by atoms with Gasteiger partial charge in [-0.2, -0.15) is 4.99 Å². The average Bonchev–Trinajstić information content (AvgIpc) is 2.76. The number of fused-ring (bicyclic) bond motifs is 1. The number of aliphatic imine (C=N–C) groups is 1. The first-order valence-corrected chi connectivity index (χ1v) is 11.0. The molecule has 2 atom stereocenters. The fourth-order valence-corrected chi connectivity index (χ4v) is 4.85. The van der Waals surface area contributed by atoms with Crippen molar-refractivity contribution in [1.82, 2.24) is 4.57 Å². The third-order valence-corrected chi connectivity index (χ3v) is 6.55. The SMILES string of the molecule is CN1c2c(cc(Oc3ccc(F)cc3F)c(=O)n2C)C(N)=NC1[S+]([O-])Cc1ccccc1. The second kappa shape index (κ2) is 8.64. The number of halogens is 2. The largest absolute Gasteiger partial charge is 0.613 e. The molecule has 0 bridgehead atoms. The number of aromatic nitrogens is 1. The second-order valence-corrected chi connectivity index (χ2v) is 8.72. The van der Waals surface area contributed by atoms with E-state index in [-0.39, 0.29) is 23.1 Å². The van der Waals surface area contributed by atoms with E-state index in [9.17, 15) is 18.1 Å². The molecule has 0 radical (unpaired) electrons. The Bertz CT molecular complexity index is 1250. The molecule has 3 aromatic rings. The Balaban J connectivity index is 1.68. The highest BCUT2D eigenvalue weighted by Gasteiger charge is 2.35. The molecule has 7 nitrogen and oxygen atoms in total. The van der Waals surface area contributed by atoms with Gasteiger partial charge in [0.1, 0.15) is 23.2 Å². The Morgan fingerprint density at radius 1 is 1.12 bits per heavy atom. The maximum absolute atomic E-state index is 14.0. The van der Waals surface area contributed by atoms with Gasteiger partial charge in [0.05, 0.1) is 5.56 Å². The van der Waals surface area contributed by atoms with Gasteiger partial charge in [0.2, 0.25) is 0 Å². The van der Waals surface area contributed by atoms with Crippen LogP contribution in [-0.2, 0) is 24.0 Å². The van der Waals surface area contributed by atoms with E-state index in [0.29, 0.717) is 17.4 Å². The Labute approximate surface area is 185 Å². The third-order valence-electron chi connectivity index (χ3n) is 5.04. The number of anilines is 1. The van der Waals surface area contributed by atoms with Gasteiger partial charge in [-0.25, -0.2) is 8.78 Å². The highest BCUT2D eigenvalue weighted by Crippen LogP contribution is 2.31. The van der Waals surface area contributed by atoms with Crippen LogP contribution in [-0.4, -0.2) is 27.5 Å². The van der Waals surface area contributed by atoms with E-state index >= 15 is 0 Å². The molecule has 0 aliphatic carbocycles. The topological polar surface area (TPSA) is 95.9 Å². The van der Waals surface area contributed by atoms with Gasteiger partial charge < -0.3 is 15.0 Å². The zero-order valence-electron chi connectivity index (χ0n) is 17.3. The Morgan fingerprint density at radius 2 is 1.84 bits per heavy atom. The monoisotopic (exact) mass is 458 g/mol. The lowest BCUT2D eigenvalue weighted by Crippen LogP contribution is -2.46. The number of nitrogens with two attached hydrogens (primary N) is 1. The van der Waals surface area contributed by atoms with Crippen LogP contribution in [0.1, 0.15) is 11.1 Å². The first-order chi connectivity index (χ1) is 15.3. The van der Waals surface area contributed by atoms with Crippen molar-refractivity contribution < 1.29 is 18.1 Å². The minimum absolute atomic E-state index is 0.0736. The van der Waals surface area contributed by atoms with Crippen LogP contribution in [0, 0.1) is 11.6 Å². The molecular weight excluding hydrogens is 438 g/mol. The van der Waals surface area contributed by atoms with Gasteiger partial charge in [0, 0.05) is 31.8 Å². The van der Waals surface area contributed by atoms with Gasteiger partial charge >= 0.3 is 0 Å². The highest BCUT2D eigenvalue weighted by molar-refractivity contribution is 7.91. The van der Waals surface area contributed by atoms with Gasteiger partial charge in [-0.05, 0) is 23.3 Å². The molecule has 1 aliphatic rings. The molecule has 4 rings (SSSR count). The van der Waals surface area contributed by atoms with Crippen LogP contribution in [0.25, 0.3) is 0 Å². The average molecular weight is 458 g/mol. The van der Waals surface area contributed by atoms with Crippen molar-refractivity contribution in [3.05, 3.63) is 87.7 Å². The number of rotatable bonds is 5. The summed E-state index contributed by atoms with van der Waals surface area (Å²) in [6.45, 7) is 0. The predicted molar refractivity (Wildman–Crippen MR) is 119 cm³/mol. The van der Waals surface area contributed by atoms with E-state index in [1.54, 1.807) is 11.9 Å². The lowest BCUT2D eigenvalue weighted by atomic mass is 10.2. The zero-order chi connectivity index (χ0) is 23.0. The molecule has 2 N–H and O–H groups in total. The lowest BCUT2D eigenvalue weighted by molar-refractivity contribution is 0.429. The zero-order valence-corrected chi connectivity index (χ0v) is 18.1. The highest BCUT2D eigenvalue weighted by atomic mass is 32.2. The van der Waals surface area contributed by atoms with E-state index in [2.05, 4.69) is 4.99 Å². The number of ether oxygens (including phenoxy) is 1. The molecule has 10 heteroatoms. The lowest BCUT2D eigenvalue weighted by Gasteiger charge is -2.34. The van der Waals surface area contributed by atoms with Crippen LogP contribution < -0.4 is 20.9 Å². The van der Waals surface area contributed by atoms with E-state index < -0.39 is 33.9 Å². The fourth-order valence-electron chi connectivity index (χ4n) is 3.49. The normalized spacial score (nSPS) is 16.3. The maximum atomic E-state index is 14.0. The first kappa shape index (κ1) is 21.8. The van der Waals surface area contributed by atoms with Crippen molar-refractivity contribution >= 4 is 22.8 Å². The number of pyridine rings is 1. The van der Waals surface area contributed by atoms with Gasteiger partial charge in [-0.3, -0.25) is 14.3 Å². The summed E-state index contributed by atoms with van der Waals surface area (Å²) in [4.78, 5) is 18.9. The van der Waals surface area contributed by atoms with E-state index in [1.807, 2.05) is 30.3 Å². The summed E-state index contributed by atoms with van der Waals surface area (Å²) in [5, 5.41) is 0. The summed E-state index contributed by atoms with van der Waals surface area (Å²) in [5.41, 5.74) is 6.05. The summed E-state index contributed by atoms with van der Waals surface area (Å²) in [7, 11) is 3.17. The molecule has 0 saturated carbocycles. The van der Waals surface area contributed by atoms with Crippen molar-refractivity contribution in [2.24, 2.45) is 17.8 Å². The van der Waals surface area contributed by atoms with Crippen molar-refractivity contribution in [3.63, 3.8) is 0 Å². The van der Waals surface area contributed by atoms with Crippen LogP contribution in [0.4, 0.5) is 14.6 Å². The molecular formula is C22H20F2N4O3S. The number of hydrogen-bond acceptors (Lipinski definition) is 6. The molecule has 166 valence electrons. The fraction of sp³-hybridized carbons (Fsp3) is 0.182. The Kier molecular flexibility index (Phi) is 5.90. The molecule has 32 heavy (non-hydrogen) atoms. The number of nitrogens with zero attached hydrogens (tertiary/aromatic N) is 3. The van der Waals surface area contributed by atoms with Crippen molar-refractivity contribution in [2.75, 3.05) is 11.9 Å². The van der Waals surface area contributed by atoms with Crippen LogP contribution in [0.2, 0.25) is 0 Å². The predicted octanol–water partition coefficient (Wildman–Crippen LogP) is 2.84. The quantitative estimate of drug-likeness (QED) is 0.593. The second-order valence-electron chi connectivity index (χ2n) is 7.25. The number of hydrogen-bond donors (Lipinski definition) is 1. The van der Waals surface area contributed by atoms with Gasteiger partial charge in [-0.1, -0.05) is 30.3 Å². The van der Waals surface area contributed by atoms with E-state index in [4.69, 9.17) is 10.5 Å². The summed E-state index contributed by atoms with van der Waals surface area (Å²) in [6, 6.07) is 13.5. The molecule has 2 heterocycles. The van der Waals surface area contributed by atoms with Crippen molar-refractivity contribution in [2.45, 2.75) is 11.3 Å². The van der Waals surface area contributed by atoms with Gasteiger partial charge in [0.25, 0.3) is 11.1 Å². The molecule has 2 unspecified atom stereocenters. The van der Waals surface area contributed by atoms with Crippen molar-refractivity contribution in [3.8, 4) is 11.5 Å². The molecule has 0 saturated heterocycles. The van der Waals surface area contributed by atoms with Crippen LogP contribution in [0.15, 0.2) is 64.4 Å². The standard InChI is InChI=1S/C22H20F2N4O3S/c1-27-20-15(11-18(21(27)29)31-17-9-8-14(23)10-16(17)24)19(25)26-22(28(20)2)32(30)12-13-6-4-3-5-7-13/h3-11,22H,12H2,1-2H3,(H2,25,26). The Morgan fingerprint density at radius 3 is 2.53 bits per heavy atom. The Hall–Kier alpha value is -3.37. The molecule has 0 fully saturated rings. The summed E-state index contributed by atoms with van der Waals surface area (Å²) < 4.78 is 46.9. The molecule has 2 aromatic carbocycles. The molecule has 0 amide bonds. The number of benzene rings is 2. The van der Waals surface area contributed by atoms with Crippen LogP contribution >= 0.6 is 0 Å². The summed E-state index contributed by atoms with van der Waals surface area (Å²) in [6.07, 6.45) is 0. The van der Waals surface area contributed by atoms with E-state index in [0.717, 1.165) is 17.7 Å². The summed E-state index contributed by atoms with van der Waals surface area (Å²) >= 11 is -1.45. The van der Waals surface area contributed by atoms with Gasteiger partial charge in [0.15, 0.2) is 17.3 Å². The van der Waals surface area contributed by atoms with E-state index in [1.165, 1.54) is 17.7 Å². The summed E-state index contributed by atoms with van der Waals surface area (Å²) in [5.74, 6) is -1.47. The number of amidine groups is 1. The first-order valence-electron chi connectivity index (χ1n) is 9.60. The van der Waals surface area contributed by atoms with Crippen LogP contribution in [0.3, 0.4) is 0 Å².